The summed E-state index contributed by atoms with van der Waals surface area (Å²) in [6.45, 7) is 3.02. The molecule has 2 N–H and O–H groups in total. The molecule has 0 unspecified atom stereocenters. The Morgan fingerprint density at radius 3 is 2.58 bits per heavy atom. The maximum atomic E-state index is 12.1. The molecule has 0 radical (unpaired) electrons. The number of hydrogen-bond acceptors (Lipinski definition) is 7. The first-order valence-electron chi connectivity index (χ1n) is 7.68. The fourth-order valence-electron chi connectivity index (χ4n) is 2.37. The quantitative estimate of drug-likeness (QED) is 0.456. The van der Waals surface area contributed by atoms with Crippen LogP contribution >= 0.6 is 0 Å². The Labute approximate surface area is 149 Å². The first-order chi connectivity index (χ1) is 12.2. The van der Waals surface area contributed by atoms with Crippen molar-refractivity contribution in [3.63, 3.8) is 0 Å². The van der Waals surface area contributed by atoms with E-state index >= 15 is 0 Å². The zero-order chi connectivity index (χ0) is 19.4. The first-order valence-corrected chi connectivity index (χ1v) is 7.68. The molecule has 0 aliphatic heterocycles. The fourth-order valence-corrected chi connectivity index (χ4v) is 2.37. The minimum Gasteiger partial charge on any atom is -0.452 e. The Balaban J connectivity index is 2.03. The third-order valence-corrected chi connectivity index (χ3v) is 3.81. The number of esters is 1. The van der Waals surface area contributed by atoms with Gasteiger partial charge in [0.25, 0.3) is 11.6 Å². The Morgan fingerprint density at radius 2 is 2.04 bits per heavy atom. The minimum atomic E-state index is -0.828. The van der Waals surface area contributed by atoms with Crippen molar-refractivity contribution in [2.24, 2.45) is 7.05 Å². The van der Waals surface area contributed by atoms with Crippen molar-refractivity contribution in [1.82, 2.24) is 9.78 Å². The normalized spacial score (nSPS) is 10.3. The SMILES string of the molecule is CNc1ccc(C(=O)OCC(=O)Nc2c(C)nn(C)c2C)cc1[N+](=O)[O-]. The molecule has 138 valence electrons. The molecule has 10 heteroatoms. The molecule has 0 aliphatic carbocycles. The summed E-state index contributed by atoms with van der Waals surface area (Å²) in [7, 11) is 3.28. The van der Waals surface area contributed by atoms with Gasteiger partial charge in [0.05, 0.1) is 27.6 Å². The van der Waals surface area contributed by atoms with Crippen LogP contribution in [0.1, 0.15) is 21.7 Å². The molecule has 0 saturated heterocycles. The highest BCUT2D eigenvalue weighted by atomic mass is 16.6. The van der Waals surface area contributed by atoms with E-state index in [0.29, 0.717) is 11.4 Å². The largest absolute Gasteiger partial charge is 0.452 e. The highest BCUT2D eigenvalue weighted by Crippen LogP contribution is 2.25. The summed E-state index contributed by atoms with van der Waals surface area (Å²) in [5.41, 5.74) is 1.96. The van der Waals surface area contributed by atoms with E-state index in [2.05, 4.69) is 15.7 Å². The predicted octanol–water partition coefficient (Wildman–Crippen LogP) is 1.78. The van der Waals surface area contributed by atoms with Crippen molar-refractivity contribution >= 4 is 28.9 Å². The molecule has 0 saturated carbocycles. The molecule has 0 bridgehead atoms. The number of nitrogens with zero attached hydrogens (tertiary/aromatic N) is 3. The number of nitro benzene ring substituents is 1. The van der Waals surface area contributed by atoms with Crippen LogP contribution in [0.5, 0.6) is 0 Å². The van der Waals surface area contributed by atoms with E-state index in [-0.39, 0.29) is 16.9 Å². The summed E-state index contributed by atoms with van der Waals surface area (Å²) < 4.78 is 6.56. The molecule has 10 nitrogen and oxygen atoms in total. The number of aromatic nitrogens is 2. The van der Waals surface area contributed by atoms with E-state index < -0.39 is 23.4 Å². The van der Waals surface area contributed by atoms with Gasteiger partial charge >= 0.3 is 5.97 Å². The van der Waals surface area contributed by atoms with E-state index in [0.717, 1.165) is 11.8 Å². The van der Waals surface area contributed by atoms with E-state index in [1.165, 1.54) is 19.2 Å². The average Bonchev–Trinajstić information content (AvgIpc) is 2.85. The van der Waals surface area contributed by atoms with Gasteiger partial charge in [0.1, 0.15) is 5.69 Å². The standard InChI is InChI=1S/C16H19N5O5/c1-9-15(10(2)20(4)19-9)18-14(22)8-26-16(23)11-5-6-12(17-3)13(7-11)21(24)25/h5-7,17H,8H2,1-4H3,(H,18,22). The maximum Gasteiger partial charge on any atom is 0.338 e. The second-order valence-electron chi connectivity index (χ2n) is 5.53. The van der Waals surface area contributed by atoms with Crippen LogP contribution < -0.4 is 10.6 Å². The highest BCUT2D eigenvalue weighted by Gasteiger charge is 2.19. The molecular weight excluding hydrogens is 342 g/mol. The van der Waals surface area contributed by atoms with Crippen LogP contribution in [0.25, 0.3) is 0 Å². The van der Waals surface area contributed by atoms with Gasteiger partial charge in [-0.15, -0.1) is 0 Å². The third-order valence-electron chi connectivity index (χ3n) is 3.81. The maximum absolute atomic E-state index is 12.1. The van der Waals surface area contributed by atoms with Gasteiger partial charge in [-0.25, -0.2) is 4.79 Å². The van der Waals surface area contributed by atoms with Gasteiger partial charge in [-0.3, -0.25) is 19.6 Å². The molecule has 1 amide bonds. The van der Waals surface area contributed by atoms with E-state index in [4.69, 9.17) is 4.74 Å². The number of carbonyl (C=O) groups excluding carboxylic acids is 2. The number of hydrogen-bond donors (Lipinski definition) is 2. The summed E-state index contributed by atoms with van der Waals surface area (Å²) in [5.74, 6) is -1.36. The van der Waals surface area contributed by atoms with Gasteiger partial charge in [-0.1, -0.05) is 0 Å². The highest BCUT2D eigenvalue weighted by molar-refractivity contribution is 5.96. The smallest absolute Gasteiger partial charge is 0.338 e. The van der Waals surface area contributed by atoms with Gasteiger partial charge in [-0.05, 0) is 26.0 Å². The van der Waals surface area contributed by atoms with Gasteiger partial charge in [0.15, 0.2) is 6.61 Å². The number of amides is 1. The first kappa shape index (κ1) is 18.9. The third kappa shape index (κ3) is 3.97. The summed E-state index contributed by atoms with van der Waals surface area (Å²) in [6, 6.07) is 3.88. The molecule has 1 aromatic heterocycles. The summed E-state index contributed by atoms with van der Waals surface area (Å²) >= 11 is 0. The Hall–Kier alpha value is -3.43. The summed E-state index contributed by atoms with van der Waals surface area (Å²) in [4.78, 5) is 34.5. The molecule has 26 heavy (non-hydrogen) atoms. The number of benzene rings is 1. The minimum absolute atomic E-state index is 0.0164. The fraction of sp³-hybridized carbons (Fsp3) is 0.312. The van der Waals surface area contributed by atoms with Crippen molar-refractivity contribution < 1.29 is 19.2 Å². The van der Waals surface area contributed by atoms with Gasteiger partial charge < -0.3 is 15.4 Å². The lowest BCUT2D eigenvalue weighted by atomic mass is 10.1. The Bertz CT molecular complexity index is 874. The molecule has 0 atom stereocenters. The van der Waals surface area contributed by atoms with Crippen LogP contribution in [-0.2, 0) is 16.6 Å². The van der Waals surface area contributed by atoms with Crippen LogP contribution in [0.4, 0.5) is 17.1 Å². The van der Waals surface area contributed by atoms with Crippen molar-refractivity contribution in [3.05, 3.63) is 45.3 Å². The van der Waals surface area contributed by atoms with Crippen LogP contribution in [-0.4, -0.2) is 40.2 Å². The topological polar surface area (TPSA) is 128 Å². The Morgan fingerprint density at radius 1 is 1.35 bits per heavy atom. The number of ether oxygens (including phenoxy) is 1. The molecule has 2 rings (SSSR count). The van der Waals surface area contributed by atoms with Crippen molar-refractivity contribution in [3.8, 4) is 0 Å². The number of anilines is 2. The van der Waals surface area contributed by atoms with Gasteiger partial charge in [-0.2, -0.15) is 5.10 Å². The zero-order valence-corrected chi connectivity index (χ0v) is 14.8. The molecule has 0 fully saturated rings. The molecular formula is C16H19N5O5. The molecule has 0 spiro atoms. The number of nitrogens with one attached hydrogen (secondary N) is 2. The van der Waals surface area contributed by atoms with Crippen LogP contribution in [0.15, 0.2) is 18.2 Å². The lowest BCUT2D eigenvalue weighted by Crippen LogP contribution is -2.21. The van der Waals surface area contributed by atoms with Crippen LogP contribution in [0.3, 0.4) is 0 Å². The lowest BCUT2D eigenvalue weighted by molar-refractivity contribution is -0.384. The average molecular weight is 361 g/mol. The van der Waals surface area contributed by atoms with Crippen molar-refractivity contribution in [2.45, 2.75) is 13.8 Å². The van der Waals surface area contributed by atoms with E-state index in [1.54, 1.807) is 25.6 Å². The lowest BCUT2D eigenvalue weighted by Gasteiger charge is -2.08. The molecule has 0 aliphatic rings. The van der Waals surface area contributed by atoms with Crippen LogP contribution in [0.2, 0.25) is 0 Å². The van der Waals surface area contributed by atoms with E-state index in [9.17, 15) is 19.7 Å². The second kappa shape index (κ2) is 7.64. The van der Waals surface area contributed by atoms with Gasteiger partial charge in [0.2, 0.25) is 0 Å². The number of aryl methyl sites for hydroxylation is 2. The predicted molar refractivity (Wildman–Crippen MR) is 94.2 cm³/mol. The van der Waals surface area contributed by atoms with Crippen molar-refractivity contribution in [1.29, 1.82) is 0 Å². The number of rotatable bonds is 6. The second-order valence-corrected chi connectivity index (χ2v) is 5.53. The number of carbonyl (C=O) groups is 2. The van der Waals surface area contributed by atoms with Crippen molar-refractivity contribution in [2.75, 3.05) is 24.3 Å². The summed E-state index contributed by atoms with van der Waals surface area (Å²) in [6.07, 6.45) is 0. The molecule has 2 aromatic rings. The summed E-state index contributed by atoms with van der Waals surface area (Å²) in [5, 5.41) is 20.5. The van der Waals surface area contributed by atoms with Crippen LogP contribution in [0, 0.1) is 24.0 Å². The van der Waals surface area contributed by atoms with Gasteiger partial charge in [0, 0.05) is 20.2 Å². The zero-order valence-electron chi connectivity index (χ0n) is 14.8. The monoisotopic (exact) mass is 361 g/mol. The Kier molecular flexibility index (Phi) is 5.55. The number of nitro groups is 1. The molecule has 1 heterocycles. The molecule has 1 aromatic carbocycles. The van der Waals surface area contributed by atoms with E-state index in [1.807, 2.05) is 0 Å².